The van der Waals surface area contributed by atoms with Crippen LogP contribution in [0.2, 0.25) is 0 Å². The predicted octanol–water partition coefficient (Wildman–Crippen LogP) is 1.79. The molecule has 13 heavy (non-hydrogen) atoms. The maximum Gasteiger partial charge on any atom is 0.121 e. The SMILES string of the molecule is COc1cc(Br)c(CN)c(C#N)c1. The first-order valence-corrected chi connectivity index (χ1v) is 4.48. The standard InChI is InChI=1S/C9H9BrN2O/c1-13-7-2-6(4-11)8(5-12)9(10)3-7/h2-3H,5,12H2,1H3. The summed E-state index contributed by atoms with van der Waals surface area (Å²) in [5.74, 6) is 0.653. The van der Waals surface area contributed by atoms with Gasteiger partial charge in [-0.2, -0.15) is 5.26 Å². The lowest BCUT2D eigenvalue weighted by Crippen LogP contribution is -2.01. The highest BCUT2D eigenvalue weighted by molar-refractivity contribution is 9.10. The van der Waals surface area contributed by atoms with Gasteiger partial charge in [0.2, 0.25) is 0 Å². The first-order valence-electron chi connectivity index (χ1n) is 3.69. The van der Waals surface area contributed by atoms with Crippen LogP contribution >= 0.6 is 15.9 Å². The van der Waals surface area contributed by atoms with Crippen molar-refractivity contribution in [1.29, 1.82) is 5.26 Å². The molecule has 0 unspecified atom stereocenters. The Hall–Kier alpha value is -1.05. The van der Waals surface area contributed by atoms with Crippen LogP contribution in [0.4, 0.5) is 0 Å². The van der Waals surface area contributed by atoms with Gasteiger partial charge in [-0.1, -0.05) is 15.9 Å². The molecule has 0 aliphatic rings. The fourth-order valence-electron chi connectivity index (χ4n) is 1.04. The molecule has 68 valence electrons. The Labute approximate surface area is 85.2 Å². The number of benzene rings is 1. The van der Waals surface area contributed by atoms with Crippen molar-refractivity contribution in [3.8, 4) is 11.8 Å². The third kappa shape index (κ3) is 2.00. The van der Waals surface area contributed by atoms with Crippen LogP contribution in [0.15, 0.2) is 16.6 Å². The number of hydrogen-bond acceptors (Lipinski definition) is 3. The zero-order chi connectivity index (χ0) is 9.84. The lowest BCUT2D eigenvalue weighted by molar-refractivity contribution is 0.414. The number of halogens is 1. The summed E-state index contributed by atoms with van der Waals surface area (Å²) in [5.41, 5.74) is 6.85. The Bertz CT molecular complexity index is 357. The van der Waals surface area contributed by atoms with Gasteiger partial charge in [0.1, 0.15) is 5.75 Å². The molecule has 0 spiro atoms. The van der Waals surface area contributed by atoms with E-state index in [-0.39, 0.29) is 0 Å². The normalized spacial score (nSPS) is 9.38. The lowest BCUT2D eigenvalue weighted by Gasteiger charge is -2.06. The molecule has 0 saturated heterocycles. The summed E-state index contributed by atoms with van der Waals surface area (Å²) in [4.78, 5) is 0. The monoisotopic (exact) mass is 240 g/mol. The average Bonchev–Trinajstić information content (AvgIpc) is 2.16. The Balaban J connectivity index is 3.31. The minimum Gasteiger partial charge on any atom is -0.497 e. The summed E-state index contributed by atoms with van der Waals surface area (Å²) in [6, 6.07) is 5.54. The van der Waals surface area contributed by atoms with E-state index in [1.165, 1.54) is 0 Å². The van der Waals surface area contributed by atoms with Crippen LogP contribution in [0, 0.1) is 11.3 Å². The summed E-state index contributed by atoms with van der Waals surface area (Å²) in [7, 11) is 1.56. The second-order valence-electron chi connectivity index (χ2n) is 2.45. The molecule has 0 bridgehead atoms. The van der Waals surface area contributed by atoms with Crippen LogP contribution < -0.4 is 10.5 Å². The van der Waals surface area contributed by atoms with Crippen molar-refractivity contribution in [2.45, 2.75) is 6.54 Å². The van der Waals surface area contributed by atoms with E-state index in [9.17, 15) is 0 Å². The van der Waals surface area contributed by atoms with E-state index in [0.717, 1.165) is 10.0 Å². The molecule has 3 nitrogen and oxygen atoms in total. The van der Waals surface area contributed by atoms with Gasteiger partial charge < -0.3 is 10.5 Å². The third-order valence-corrected chi connectivity index (χ3v) is 2.44. The van der Waals surface area contributed by atoms with E-state index < -0.39 is 0 Å². The molecule has 0 aliphatic carbocycles. The minimum atomic E-state index is 0.341. The van der Waals surface area contributed by atoms with Crippen LogP contribution in [0.1, 0.15) is 11.1 Å². The quantitative estimate of drug-likeness (QED) is 0.858. The highest BCUT2D eigenvalue weighted by atomic mass is 79.9. The van der Waals surface area contributed by atoms with Crippen molar-refractivity contribution in [3.63, 3.8) is 0 Å². The molecule has 1 aromatic rings. The molecule has 1 rings (SSSR count). The molecule has 0 fully saturated rings. The molecule has 4 heteroatoms. The highest BCUT2D eigenvalue weighted by Crippen LogP contribution is 2.26. The summed E-state index contributed by atoms with van der Waals surface area (Å²) in [5, 5.41) is 8.81. The summed E-state index contributed by atoms with van der Waals surface area (Å²) in [6.45, 7) is 0.341. The zero-order valence-electron chi connectivity index (χ0n) is 7.17. The van der Waals surface area contributed by atoms with E-state index in [1.807, 2.05) is 0 Å². The third-order valence-electron chi connectivity index (χ3n) is 1.73. The van der Waals surface area contributed by atoms with Crippen molar-refractivity contribution < 1.29 is 4.74 Å². The van der Waals surface area contributed by atoms with Gasteiger partial charge in [0.25, 0.3) is 0 Å². The van der Waals surface area contributed by atoms with Gasteiger partial charge in [0.15, 0.2) is 0 Å². The second-order valence-corrected chi connectivity index (χ2v) is 3.31. The highest BCUT2D eigenvalue weighted by Gasteiger charge is 2.07. The van der Waals surface area contributed by atoms with Gasteiger partial charge >= 0.3 is 0 Å². The van der Waals surface area contributed by atoms with Gasteiger partial charge in [-0.05, 0) is 17.7 Å². The summed E-state index contributed by atoms with van der Waals surface area (Å²) in [6.07, 6.45) is 0. The molecule has 2 N–H and O–H groups in total. The van der Waals surface area contributed by atoms with Crippen molar-refractivity contribution >= 4 is 15.9 Å². The average molecular weight is 241 g/mol. The fraction of sp³-hybridized carbons (Fsp3) is 0.222. The summed E-state index contributed by atoms with van der Waals surface area (Å²) < 4.78 is 5.83. The molecule has 0 radical (unpaired) electrons. The number of ether oxygens (including phenoxy) is 1. The Morgan fingerprint density at radius 1 is 1.62 bits per heavy atom. The number of nitrogens with two attached hydrogens (primary N) is 1. The molecule has 0 aliphatic heterocycles. The van der Waals surface area contributed by atoms with E-state index in [2.05, 4.69) is 22.0 Å². The first-order chi connectivity index (χ1) is 6.22. The van der Waals surface area contributed by atoms with Crippen molar-refractivity contribution in [2.75, 3.05) is 7.11 Å². The number of rotatable bonds is 2. The Morgan fingerprint density at radius 3 is 2.77 bits per heavy atom. The summed E-state index contributed by atoms with van der Waals surface area (Å²) >= 11 is 3.33. The largest absolute Gasteiger partial charge is 0.497 e. The number of nitrogens with zero attached hydrogens (tertiary/aromatic N) is 1. The molecular formula is C9H9BrN2O. The van der Waals surface area contributed by atoms with Crippen molar-refractivity contribution in [1.82, 2.24) is 0 Å². The van der Waals surface area contributed by atoms with Crippen molar-refractivity contribution in [2.24, 2.45) is 5.73 Å². The number of nitriles is 1. The van der Waals surface area contributed by atoms with E-state index in [4.69, 9.17) is 15.7 Å². The fourth-order valence-corrected chi connectivity index (χ4v) is 1.64. The van der Waals surface area contributed by atoms with Crippen LogP contribution in [-0.4, -0.2) is 7.11 Å². The number of methoxy groups -OCH3 is 1. The van der Waals surface area contributed by atoms with Gasteiger partial charge in [-0.15, -0.1) is 0 Å². The lowest BCUT2D eigenvalue weighted by atomic mass is 10.1. The zero-order valence-corrected chi connectivity index (χ0v) is 8.76. The number of hydrogen-bond donors (Lipinski definition) is 1. The Kier molecular flexibility index (Phi) is 3.29. The van der Waals surface area contributed by atoms with E-state index >= 15 is 0 Å². The molecular weight excluding hydrogens is 232 g/mol. The topological polar surface area (TPSA) is 59.0 Å². The minimum absolute atomic E-state index is 0.341. The van der Waals surface area contributed by atoms with Crippen LogP contribution in [0.3, 0.4) is 0 Å². The Morgan fingerprint density at radius 2 is 2.31 bits per heavy atom. The van der Waals surface area contributed by atoms with Crippen molar-refractivity contribution in [3.05, 3.63) is 27.7 Å². The molecule has 0 atom stereocenters. The van der Waals surface area contributed by atoms with Gasteiger partial charge in [0.05, 0.1) is 18.7 Å². The van der Waals surface area contributed by atoms with Gasteiger partial charge in [-0.3, -0.25) is 0 Å². The second kappa shape index (κ2) is 4.26. The maximum atomic E-state index is 8.81. The molecule has 0 aromatic heterocycles. The van der Waals surface area contributed by atoms with Crippen LogP contribution in [0.25, 0.3) is 0 Å². The van der Waals surface area contributed by atoms with Crippen LogP contribution in [-0.2, 0) is 6.54 Å². The molecule has 0 heterocycles. The van der Waals surface area contributed by atoms with E-state index in [0.29, 0.717) is 17.9 Å². The molecule has 0 amide bonds. The van der Waals surface area contributed by atoms with E-state index in [1.54, 1.807) is 19.2 Å². The van der Waals surface area contributed by atoms with Gasteiger partial charge in [0, 0.05) is 11.0 Å². The smallest absolute Gasteiger partial charge is 0.121 e. The maximum absolute atomic E-state index is 8.81. The first kappa shape index (κ1) is 10.0. The van der Waals surface area contributed by atoms with Gasteiger partial charge in [-0.25, -0.2) is 0 Å². The molecule has 0 saturated carbocycles. The molecule has 1 aromatic carbocycles. The predicted molar refractivity (Wildman–Crippen MR) is 53.3 cm³/mol. The van der Waals surface area contributed by atoms with Crippen LogP contribution in [0.5, 0.6) is 5.75 Å².